The van der Waals surface area contributed by atoms with E-state index in [1.54, 1.807) is 12.1 Å². The Kier molecular flexibility index (Phi) is 6.27. The van der Waals surface area contributed by atoms with Crippen LogP contribution in [0.2, 0.25) is 10.0 Å². The zero-order valence-corrected chi connectivity index (χ0v) is 12.7. The van der Waals surface area contributed by atoms with Gasteiger partial charge in [-0.1, -0.05) is 23.2 Å². The first-order valence-electron chi connectivity index (χ1n) is 6.21. The molecule has 0 aliphatic rings. The van der Waals surface area contributed by atoms with Gasteiger partial charge in [0.1, 0.15) is 5.75 Å². The van der Waals surface area contributed by atoms with Crippen LogP contribution in [0.25, 0.3) is 0 Å². The SMILES string of the molecule is CC(C)(C)NCCCCOc1ccc(Cl)c(Cl)c1. The third-order valence-corrected chi connectivity index (χ3v) is 3.13. The summed E-state index contributed by atoms with van der Waals surface area (Å²) in [6.45, 7) is 8.20. The van der Waals surface area contributed by atoms with Crippen LogP contribution in [0.3, 0.4) is 0 Å². The molecule has 0 saturated carbocycles. The Labute approximate surface area is 120 Å². The number of ether oxygens (including phenoxy) is 1. The van der Waals surface area contributed by atoms with Crippen molar-refractivity contribution in [3.05, 3.63) is 28.2 Å². The first-order valence-corrected chi connectivity index (χ1v) is 6.97. The molecule has 18 heavy (non-hydrogen) atoms. The largest absolute Gasteiger partial charge is 0.494 e. The standard InChI is InChI=1S/C14H21Cl2NO/c1-14(2,3)17-8-4-5-9-18-11-6-7-12(15)13(16)10-11/h6-7,10,17H,4-5,8-9H2,1-3H3. The van der Waals surface area contributed by atoms with Crippen molar-refractivity contribution in [2.24, 2.45) is 0 Å². The molecule has 4 heteroatoms. The van der Waals surface area contributed by atoms with Gasteiger partial charge in [0.15, 0.2) is 0 Å². The molecule has 0 bridgehead atoms. The van der Waals surface area contributed by atoms with Gasteiger partial charge in [-0.15, -0.1) is 0 Å². The molecule has 1 aromatic carbocycles. The maximum Gasteiger partial charge on any atom is 0.120 e. The smallest absolute Gasteiger partial charge is 0.120 e. The summed E-state index contributed by atoms with van der Waals surface area (Å²) in [7, 11) is 0. The van der Waals surface area contributed by atoms with Crippen molar-refractivity contribution in [1.29, 1.82) is 0 Å². The van der Waals surface area contributed by atoms with E-state index in [-0.39, 0.29) is 5.54 Å². The lowest BCUT2D eigenvalue weighted by Gasteiger charge is -2.20. The molecular weight excluding hydrogens is 269 g/mol. The minimum atomic E-state index is 0.185. The van der Waals surface area contributed by atoms with Crippen molar-refractivity contribution >= 4 is 23.2 Å². The second kappa shape index (κ2) is 7.22. The molecule has 0 amide bonds. The van der Waals surface area contributed by atoms with Crippen LogP contribution in [0.15, 0.2) is 18.2 Å². The van der Waals surface area contributed by atoms with E-state index in [1.165, 1.54) is 0 Å². The number of rotatable bonds is 6. The second-order valence-electron chi connectivity index (χ2n) is 5.31. The van der Waals surface area contributed by atoms with Gasteiger partial charge in [0, 0.05) is 11.6 Å². The van der Waals surface area contributed by atoms with Gasteiger partial charge in [0.25, 0.3) is 0 Å². The third-order valence-electron chi connectivity index (χ3n) is 2.39. The molecule has 0 radical (unpaired) electrons. The van der Waals surface area contributed by atoms with Crippen LogP contribution < -0.4 is 10.1 Å². The van der Waals surface area contributed by atoms with E-state index >= 15 is 0 Å². The van der Waals surface area contributed by atoms with E-state index in [4.69, 9.17) is 27.9 Å². The lowest BCUT2D eigenvalue weighted by atomic mass is 10.1. The summed E-state index contributed by atoms with van der Waals surface area (Å²) in [5.74, 6) is 0.771. The zero-order chi connectivity index (χ0) is 13.6. The number of benzene rings is 1. The van der Waals surface area contributed by atoms with Crippen LogP contribution in [0.1, 0.15) is 33.6 Å². The average Bonchev–Trinajstić information content (AvgIpc) is 2.26. The van der Waals surface area contributed by atoms with Crippen molar-refractivity contribution in [2.75, 3.05) is 13.2 Å². The van der Waals surface area contributed by atoms with Gasteiger partial charge >= 0.3 is 0 Å². The second-order valence-corrected chi connectivity index (χ2v) is 6.12. The summed E-state index contributed by atoms with van der Waals surface area (Å²) >= 11 is 11.7. The van der Waals surface area contributed by atoms with Crippen molar-refractivity contribution < 1.29 is 4.74 Å². The highest BCUT2D eigenvalue weighted by Gasteiger charge is 2.07. The highest BCUT2D eigenvalue weighted by molar-refractivity contribution is 6.42. The normalized spacial score (nSPS) is 11.6. The van der Waals surface area contributed by atoms with E-state index in [0.717, 1.165) is 25.1 Å². The summed E-state index contributed by atoms with van der Waals surface area (Å²) in [6, 6.07) is 5.33. The van der Waals surface area contributed by atoms with Crippen LogP contribution >= 0.6 is 23.2 Å². The molecule has 0 heterocycles. The maximum atomic E-state index is 5.90. The molecule has 0 aromatic heterocycles. The van der Waals surface area contributed by atoms with Crippen molar-refractivity contribution in [1.82, 2.24) is 5.32 Å². The van der Waals surface area contributed by atoms with Gasteiger partial charge in [-0.2, -0.15) is 0 Å². The lowest BCUT2D eigenvalue weighted by molar-refractivity contribution is 0.301. The summed E-state index contributed by atoms with van der Waals surface area (Å²) < 4.78 is 5.60. The van der Waals surface area contributed by atoms with E-state index in [2.05, 4.69) is 26.1 Å². The highest BCUT2D eigenvalue weighted by atomic mass is 35.5. The van der Waals surface area contributed by atoms with E-state index in [1.807, 2.05) is 6.07 Å². The van der Waals surface area contributed by atoms with Gasteiger partial charge in [0.05, 0.1) is 16.7 Å². The predicted molar refractivity (Wildman–Crippen MR) is 78.9 cm³/mol. The summed E-state index contributed by atoms with van der Waals surface area (Å²) in [5, 5.41) is 4.53. The maximum absolute atomic E-state index is 5.90. The Hall–Kier alpha value is -0.440. The Balaban J connectivity index is 2.16. The topological polar surface area (TPSA) is 21.3 Å². The van der Waals surface area contributed by atoms with Crippen LogP contribution in [0, 0.1) is 0 Å². The molecule has 0 aliphatic heterocycles. The fourth-order valence-electron chi connectivity index (χ4n) is 1.45. The Morgan fingerprint density at radius 3 is 2.44 bits per heavy atom. The molecule has 0 unspecified atom stereocenters. The summed E-state index contributed by atoms with van der Waals surface area (Å²) in [4.78, 5) is 0. The monoisotopic (exact) mass is 289 g/mol. The van der Waals surface area contributed by atoms with E-state index in [9.17, 15) is 0 Å². The molecule has 0 atom stereocenters. The quantitative estimate of drug-likeness (QED) is 0.777. The van der Waals surface area contributed by atoms with E-state index in [0.29, 0.717) is 16.7 Å². The number of hydrogen-bond donors (Lipinski definition) is 1. The van der Waals surface area contributed by atoms with Crippen LogP contribution in [-0.2, 0) is 0 Å². The number of halogens is 2. The molecule has 1 rings (SSSR count). The Morgan fingerprint density at radius 2 is 1.83 bits per heavy atom. The highest BCUT2D eigenvalue weighted by Crippen LogP contribution is 2.26. The summed E-state index contributed by atoms with van der Waals surface area (Å²) in [6.07, 6.45) is 2.11. The van der Waals surface area contributed by atoms with Crippen LogP contribution in [0.5, 0.6) is 5.75 Å². The Morgan fingerprint density at radius 1 is 1.11 bits per heavy atom. The van der Waals surface area contributed by atoms with Gasteiger partial charge in [-0.05, 0) is 52.3 Å². The minimum absolute atomic E-state index is 0.185. The molecule has 0 saturated heterocycles. The number of hydrogen-bond acceptors (Lipinski definition) is 2. The van der Waals surface area contributed by atoms with Crippen LogP contribution in [0.4, 0.5) is 0 Å². The van der Waals surface area contributed by atoms with Gasteiger partial charge < -0.3 is 10.1 Å². The molecule has 1 aromatic rings. The molecule has 102 valence electrons. The number of nitrogens with one attached hydrogen (secondary N) is 1. The molecular formula is C14H21Cl2NO. The first-order chi connectivity index (χ1) is 8.38. The number of unbranched alkanes of at least 4 members (excludes halogenated alkanes) is 1. The fraction of sp³-hybridized carbons (Fsp3) is 0.571. The van der Waals surface area contributed by atoms with Gasteiger partial charge in [-0.3, -0.25) is 0 Å². The Bertz CT molecular complexity index is 375. The molecule has 0 fully saturated rings. The van der Waals surface area contributed by atoms with Crippen molar-refractivity contribution in [2.45, 2.75) is 39.2 Å². The molecule has 0 spiro atoms. The zero-order valence-electron chi connectivity index (χ0n) is 11.2. The minimum Gasteiger partial charge on any atom is -0.494 e. The van der Waals surface area contributed by atoms with Crippen molar-refractivity contribution in [3.8, 4) is 5.75 Å². The third kappa shape index (κ3) is 6.48. The van der Waals surface area contributed by atoms with Crippen molar-refractivity contribution in [3.63, 3.8) is 0 Å². The molecule has 0 aliphatic carbocycles. The van der Waals surface area contributed by atoms with Gasteiger partial charge in [-0.25, -0.2) is 0 Å². The van der Waals surface area contributed by atoms with Crippen LogP contribution in [-0.4, -0.2) is 18.7 Å². The first kappa shape index (κ1) is 15.6. The lowest BCUT2D eigenvalue weighted by Crippen LogP contribution is -2.36. The average molecular weight is 290 g/mol. The predicted octanol–water partition coefficient (Wildman–Crippen LogP) is 4.54. The van der Waals surface area contributed by atoms with E-state index < -0.39 is 0 Å². The molecule has 1 N–H and O–H groups in total. The summed E-state index contributed by atoms with van der Waals surface area (Å²) in [5.41, 5.74) is 0.185. The fourth-order valence-corrected chi connectivity index (χ4v) is 1.74. The van der Waals surface area contributed by atoms with Gasteiger partial charge in [0.2, 0.25) is 0 Å². The molecule has 2 nitrogen and oxygen atoms in total.